The Labute approximate surface area is 88.1 Å². The van der Waals surface area contributed by atoms with Gasteiger partial charge < -0.3 is 10.1 Å². The summed E-state index contributed by atoms with van der Waals surface area (Å²) in [7, 11) is 0. The molecule has 0 aliphatic rings. The summed E-state index contributed by atoms with van der Waals surface area (Å²) in [5.41, 5.74) is 2.55. The largest absolute Gasteiger partial charge is 0.477 e. The first-order valence-electron chi connectivity index (χ1n) is 3.96. The number of carbonyl (C=O) groups is 1. The SMILES string of the molecule is Cc1c(Br)cnc2cc(C(=O)O)[nH]c12. The maximum absolute atomic E-state index is 10.7. The summed E-state index contributed by atoms with van der Waals surface area (Å²) in [6.45, 7) is 1.90. The molecule has 2 rings (SSSR count). The molecule has 72 valence electrons. The zero-order valence-corrected chi connectivity index (χ0v) is 8.92. The number of carboxylic acid groups (broad SMARTS) is 1. The number of carboxylic acids is 1. The molecule has 0 unspecified atom stereocenters. The number of H-pyrrole nitrogens is 1. The van der Waals surface area contributed by atoms with E-state index in [4.69, 9.17) is 5.11 Å². The summed E-state index contributed by atoms with van der Waals surface area (Å²) in [6.07, 6.45) is 1.66. The van der Waals surface area contributed by atoms with Crippen molar-refractivity contribution in [1.29, 1.82) is 0 Å². The molecule has 4 nitrogen and oxygen atoms in total. The van der Waals surface area contributed by atoms with Crippen molar-refractivity contribution in [2.75, 3.05) is 0 Å². The monoisotopic (exact) mass is 254 g/mol. The molecule has 0 saturated carbocycles. The van der Waals surface area contributed by atoms with E-state index < -0.39 is 5.97 Å². The number of pyridine rings is 1. The van der Waals surface area contributed by atoms with E-state index in [0.29, 0.717) is 5.52 Å². The van der Waals surface area contributed by atoms with Crippen LogP contribution in [-0.2, 0) is 0 Å². The molecule has 2 aromatic heterocycles. The van der Waals surface area contributed by atoms with Crippen LogP contribution in [0, 0.1) is 6.92 Å². The molecule has 2 N–H and O–H groups in total. The Hall–Kier alpha value is -1.36. The minimum atomic E-state index is -0.974. The van der Waals surface area contributed by atoms with Crippen LogP contribution in [0.1, 0.15) is 16.1 Å². The molecule has 14 heavy (non-hydrogen) atoms. The number of hydrogen-bond donors (Lipinski definition) is 2. The number of nitrogens with one attached hydrogen (secondary N) is 1. The van der Waals surface area contributed by atoms with Crippen molar-refractivity contribution in [1.82, 2.24) is 9.97 Å². The Morgan fingerprint density at radius 1 is 1.64 bits per heavy atom. The van der Waals surface area contributed by atoms with Crippen molar-refractivity contribution >= 4 is 32.9 Å². The standard InChI is InChI=1S/C9H7BrN2O2/c1-4-5(10)3-11-6-2-7(9(13)14)12-8(4)6/h2-3,12H,1H3,(H,13,14). The van der Waals surface area contributed by atoms with E-state index in [1.807, 2.05) is 6.92 Å². The molecule has 0 saturated heterocycles. The van der Waals surface area contributed by atoms with Gasteiger partial charge in [0.15, 0.2) is 0 Å². The zero-order valence-electron chi connectivity index (χ0n) is 7.34. The van der Waals surface area contributed by atoms with E-state index in [-0.39, 0.29) is 5.69 Å². The molecule has 0 aliphatic heterocycles. The van der Waals surface area contributed by atoms with Gasteiger partial charge in [0.05, 0.1) is 11.0 Å². The number of aryl methyl sites for hydroxylation is 1. The molecule has 0 aromatic carbocycles. The number of aromatic amines is 1. The minimum absolute atomic E-state index is 0.161. The number of halogens is 1. The van der Waals surface area contributed by atoms with E-state index in [1.54, 1.807) is 6.20 Å². The Morgan fingerprint density at radius 2 is 2.36 bits per heavy atom. The molecule has 0 aliphatic carbocycles. The van der Waals surface area contributed by atoms with Gasteiger partial charge in [-0.1, -0.05) is 0 Å². The lowest BCUT2D eigenvalue weighted by atomic mass is 10.2. The second-order valence-electron chi connectivity index (χ2n) is 2.98. The summed E-state index contributed by atoms with van der Waals surface area (Å²) in [6, 6.07) is 1.52. The van der Waals surface area contributed by atoms with Crippen LogP contribution in [0.4, 0.5) is 0 Å². The van der Waals surface area contributed by atoms with Gasteiger partial charge in [0.2, 0.25) is 0 Å². The number of aromatic carboxylic acids is 1. The lowest BCUT2D eigenvalue weighted by Gasteiger charge is -1.97. The number of hydrogen-bond acceptors (Lipinski definition) is 2. The van der Waals surface area contributed by atoms with Gasteiger partial charge in [0.25, 0.3) is 0 Å². The lowest BCUT2D eigenvalue weighted by Crippen LogP contribution is -1.95. The van der Waals surface area contributed by atoms with Crippen molar-refractivity contribution in [3.05, 3.63) is 28.0 Å². The normalized spacial score (nSPS) is 10.7. The molecule has 0 fully saturated rings. The average Bonchev–Trinajstić information content (AvgIpc) is 2.56. The highest BCUT2D eigenvalue weighted by atomic mass is 79.9. The maximum atomic E-state index is 10.7. The van der Waals surface area contributed by atoms with E-state index in [9.17, 15) is 4.79 Å². The second-order valence-corrected chi connectivity index (χ2v) is 3.83. The first-order chi connectivity index (χ1) is 6.59. The third-order valence-corrected chi connectivity index (χ3v) is 2.88. The Kier molecular flexibility index (Phi) is 2.03. The van der Waals surface area contributed by atoms with Gasteiger partial charge >= 0.3 is 5.97 Å². The fraction of sp³-hybridized carbons (Fsp3) is 0.111. The van der Waals surface area contributed by atoms with E-state index in [0.717, 1.165) is 15.6 Å². The molecule has 0 spiro atoms. The summed E-state index contributed by atoms with van der Waals surface area (Å²) < 4.78 is 0.865. The quantitative estimate of drug-likeness (QED) is 0.821. The van der Waals surface area contributed by atoms with Gasteiger partial charge in [-0.3, -0.25) is 4.98 Å². The van der Waals surface area contributed by atoms with Crippen LogP contribution >= 0.6 is 15.9 Å². The molecule has 0 atom stereocenters. The van der Waals surface area contributed by atoms with Gasteiger partial charge in [-0.2, -0.15) is 0 Å². The molecule has 0 radical (unpaired) electrons. The molecule has 0 amide bonds. The van der Waals surface area contributed by atoms with Gasteiger partial charge in [0.1, 0.15) is 5.69 Å². The zero-order chi connectivity index (χ0) is 10.3. The topological polar surface area (TPSA) is 66.0 Å². The average molecular weight is 255 g/mol. The highest BCUT2D eigenvalue weighted by molar-refractivity contribution is 9.10. The van der Waals surface area contributed by atoms with Gasteiger partial charge in [-0.15, -0.1) is 0 Å². The number of rotatable bonds is 1. The minimum Gasteiger partial charge on any atom is -0.477 e. The third-order valence-electron chi connectivity index (χ3n) is 2.08. The van der Waals surface area contributed by atoms with Crippen molar-refractivity contribution in [2.45, 2.75) is 6.92 Å². The third kappa shape index (κ3) is 1.29. The number of aromatic nitrogens is 2. The van der Waals surface area contributed by atoms with Crippen LogP contribution in [-0.4, -0.2) is 21.0 Å². The van der Waals surface area contributed by atoms with Crippen LogP contribution in [0.3, 0.4) is 0 Å². The van der Waals surface area contributed by atoms with Crippen molar-refractivity contribution in [3.63, 3.8) is 0 Å². The highest BCUT2D eigenvalue weighted by Gasteiger charge is 2.10. The molecular formula is C9H7BrN2O2. The van der Waals surface area contributed by atoms with Gasteiger partial charge in [0, 0.05) is 10.7 Å². The molecule has 0 bridgehead atoms. The fourth-order valence-corrected chi connectivity index (χ4v) is 1.59. The maximum Gasteiger partial charge on any atom is 0.352 e. The molecular weight excluding hydrogens is 248 g/mol. The summed E-state index contributed by atoms with van der Waals surface area (Å²) >= 11 is 3.33. The van der Waals surface area contributed by atoms with Crippen molar-refractivity contribution in [3.8, 4) is 0 Å². The summed E-state index contributed by atoms with van der Waals surface area (Å²) in [4.78, 5) is 17.6. The van der Waals surface area contributed by atoms with Crippen LogP contribution in [0.2, 0.25) is 0 Å². The Morgan fingerprint density at radius 3 is 3.00 bits per heavy atom. The van der Waals surface area contributed by atoms with E-state index >= 15 is 0 Å². The smallest absolute Gasteiger partial charge is 0.352 e. The molecule has 5 heteroatoms. The van der Waals surface area contributed by atoms with Crippen LogP contribution in [0.5, 0.6) is 0 Å². The predicted octanol–water partition coefficient (Wildman–Crippen LogP) is 2.33. The van der Waals surface area contributed by atoms with E-state index in [1.165, 1.54) is 6.07 Å². The fourth-order valence-electron chi connectivity index (χ4n) is 1.29. The number of nitrogens with zero attached hydrogens (tertiary/aromatic N) is 1. The molecule has 2 heterocycles. The van der Waals surface area contributed by atoms with Crippen molar-refractivity contribution < 1.29 is 9.90 Å². The first kappa shape index (κ1) is 9.21. The highest BCUT2D eigenvalue weighted by Crippen LogP contribution is 2.23. The van der Waals surface area contributed by atoms with Crippen LogP contribution in [0.25, 0.3) is 11.0 Å². The van der Waals surface area contributed by atoms with Gasteiger partial charge in [-0.05, 0) is 34.5 Å². The summed E-state index contributed by atoms with van der Waals surface area (Å²) in [5.74, 6) is -0.974. The first-order valence-corrected chi connectivity index (χ1v) is 4.76. The van der Waals surface area contributed by atoms with E-state index in [2.05, 4.69) is 25.9 Å². The predicted molar refractivity (Wildman–Crippen MR) is 55.5 cm³/mol. The molecule has 2 aromatic rings. The number of fused-ring (bicyclic) bond motifs is 1. The lowest BCUT2D eigenvalue weighted by molar-refractivity contribution is 0.0691. The van der Waals surface area contributed by atoms with Crippen LogP contribution in [0.15, 0.2) is 16.7 Å². The van der Waals surface area contributed by atoms with Gasteiger partial charge in [-0.25, -0.2) is 4.79 Å². The Balaban J connectivity index is 2.77. The van der Waals surface area contributed by atoms with Crippen LogP contribution < -0.4 is 0 Å². The second kappa shape index (κ2) is 3.09. The Bertz CT molecular complexity index is 519. The summed E-state index contributed by atoms with van der Waals surface area (Å²) in [5, 5.41) is 8.78. The van der Waals surface area contributed by atoms with Crippen molar-refractivity contribution in [2.24, 2.45) is 0 Å².